The predicted octanol–water partition coefficient (Wildman–Crippen LogP) is 2.85. The second-order valence-corrected chi connectivity index (χ2v) is 7.10. The molecule has 154 valence electrons. The Kier molecular flexibility index (Phi) is 6.03. The smallest absolute Gasteiger partial charge is 0.261 e. The molecule has 0 bridgehead atoms. The minimum atomic E-state index is -0.448. The van der Waals surface area contributed by atoms with Crippen molar-refractivity contribution in [2.75, 3.05) is 23.7 Å². The van der Waals surface area contributed by atoms with Gasteiger partial charge in [0, 0.05) is 25.4 Å². The van der Waals surface area contributed by atoms with E-state index in [0.29, 0.717) is 31.1 Å². The number of fused-ring (bicyclic) bond motifs is 1. The predicted molar refractivity (Wildman–Crippen MR) is 115 cm³/mol. The molecule has 1 amide bonds. The van der Waals surface area contributed by atoms with Crippen molar-refractivity contribution in [3.8, 4) is 5.75 Å². The van der Waals surface area contributed by atoms with Crippen molar-refractivity contribution >= 4 is 23.4 Å². The summed E-state index contributed by atoms with van der Waals surface area (Å²) >= 11 is 0. The van der Waals surface area contributed by atoms with E-state index in [2.05, 4.69) is 30.9 Å². The Morgan fingerprint density at radius 1 is 1.07 bits per heavy atom. The van der Waals surface area contributed by atoms with Gasteiger partial charge in [0.05, 0.1) is 0 Å². The Balaban J connectivity index is 1.23. The number of nitrogens with zero attached hydrogens (tertiary/aromatic N) is 3. The SMILES string of the molecule is Cc1ccnc(Nc2cc(NCCNC(=O)C3CCc4ccccc4O3)ncn2)c1. The Morgan fingerprint density at radius 2 is 1.90 bits per heavy atom. The highest BCUT2D eigenvalue weighted by Crippen LogP contribution is 2.27. The van der Waals surface area contributed by atoms with Crippen molar-refractivity contribution in [2.24, 2.45) is 0 Å². The van der Waals surface area contributed by atoms with Gasteiger partial charge in [-0.3, -0.25) is 4.79 Å². The van der Waals surface area contributed by atoms with E-state index < -0.39 is 6.10 Å². The van der Waals surface area contributed by atoms with Crippen molar-refractivity contribution in [3.63, 3.8) is 0 Å². The van der Waals surface area contributed by atoms with E-state index >= 15 is 0 Å². The number of nitrogens with one attached hydrogen (secondary N) is 3. The molecule has 0 aliphatic carbocycles. The number of anilines is 3. The summed E-state index contributed by atoms with van der Waals surface area (Å²) in [6, 6.07) is 13.5. The number of amides is 1. The second-order valence-electron chi connectivity index (χ2n) is 7.10. The fraction of sp³-hybridized carbons (Fsp3) is 0.273. The molecule has 3 aromatic rings. The summed E-state index contributed by atoms with van der Waals surface area (Å²) in [6.07, 6.45) is 4.31. The maximum atomic E-state index is 12.4. The molecule has 1 unspecified atom stereocenters. The van der Waals surface area contributed by atoms with E-state index in [9.17, 15) is 4.79 Å². The lowest BCUT2D eigenvalue weighted by molar-refractivity contribution is -0.128. The largest absolute Gasteiger partial charge is 0.480 e. The number of aryl methyl sites for hydroxylation is 2. The van der Waals surface area contributed by atoms with Gasteiger partial charge in [0.15, 0.2) is 6.10 Å². The molecule has 1 aromatic carbocycles. The molecule has 8 heteroatoms. The van der Waals surface area contributed by atoms with Gasteiger partial charge in [0.2, 0.25) is 0 Å². The van der Waals surface area contributed by atoms with E-state index in [1.54, 1.807) is 12.3 Å². The third kappa shape index (κ3) is 5.02. The number of pyridine rings is 1. The topological polar surface area (TPSA) is 101 Å². The Morgan fingerprint density at radius 3 is 2.80 bits per heavy atom. The summed E-state index contributed by atoms with van der Waals surface area (Å²) in [5, 5.41) is 9.26. The summed E-state index contributed by atoms with van der Waals surface area (Å²) in [7, 11) is 0. The van der Waals surface area contributed by atoms with E-state index in [1.165, 1.54) is 6.33 Å². The zero-order valence-electron chi connectivity index (χ0n) is 16.8. The Bertz CT molecular complexity index is 1030. The van der Waals surface area contributed by atoms with Gasteiger partial charge < -0.3 is 20.7 Å². The Hall–Kier alpha value is -3.68. The molecule has 3 heterocycles. The van der Waals surface area contributed by atoms with Crippen LogP contribution in [0.1, 0.15) is 17.5 Å². The number of ether oxygens (including phenoxy) is 1. The highest BCUT2D eigenvalue weighted by molar-refractivity contribution is 5.81. The van der Waals surface area contributed by atoms with Crippen LogP contribution in [0.3, 0.4) is 0 Å². The van der Waals surface area contributed by atoms with Crippen LogP contribution in [0.25, 0.3) is 0 Å². The molecular weight excluding hydrogens is 380 g/mol. The van der Waals surface area contributed by atoms with Crippen molar-refractivity contribution < 1.29 is 9.53 Å². The van der Waals surface area contributed by atoms with Crippen LogP contribution < -0.4 is 20.7 Å². The van der Waals surface area contributed by atoms with Gasteiger partial charge in [-0.25, -0.2) is 15.0 Å². The number of para-hydroxylation sites is 1. The number of carbonyl (C=O) groups is 1. The van der Waals surface area contributed by atoms with Crippen LogP contribution in [0.2, 0.25) is 0 Å². The first kappa shape index (κ1) is 19.6. The number of carbonyl (C=O) groups excluding carboxylic acids is 1. The van der Waals surface area contributed by atoms with Gasteiger partial charge in [-0.2, -0.15) is 0 Å². The molecule has 0 fully saturated rings. The number of benzene rings is 1. The lowest BCUT2D eigenvalue weighted by Gasteiger charge is -2.25. The Labute approximate surface area is 175 Å². The number of hydrogen-bond donors (Lipinski definition) is 3. The van der Waals surface area contributed by atoms with E-state index in [4.69, 9.17) is 4.74 Å². The summed E-state index contributed by atoms with van der Waals surface area (Å²) in [5.74, 6) is 2.73. The lowest BCUT2D eigenvalue weighted by Crippen LogP contribution is -2.42. The molecule has 1 aliphatic rings. The third-order valence-electron chi connectivity index (χ3n) is 4.78. The average Bonchev–Trinajstić information content (AvgIpc) is 2.76. The van der Waals surface area contributed by atoms with Gasteiger partial charge in [0.25, 0.3) is 5.91 Å². The molecular formula is C22H24N6O2. The molecule has 0 spiro atoms. The third-order valence-corrected chi connectivity index (χ3v) is 4.78. The first-order valence-electron chi connectivity index (χ1n) is 9.95. The minimum absolute atomic E-state index is 0.0955. The highest BCUT2D eigenvalue weighted by atomic mass is 16.5. The van der Waals surface area contributed by atoms with Crippen molar-refractivity contribution in [1.82, 2.24) is 20.3 Å². The van der Waals surface area contributed by atoms with Crippen molar-refractivity contribution in [2.45, 2.75) is 25.9 Å². The second kappa shape index (κ2) is 9.21. The van der Waals surface area contributed by atoms with Crippen LogP contribution in [0.15, 0.2) is 55.0 Å². The molecule has 1 aliphatic heterocycles. The molecule has 3 N–H and O–H groups in total. The first-order valence-corrected chi connectivity index (χ1v) is 9.95. The first-order chi connectivity index (χ1) is 14.7. The van der Waals surface area contributed by atoms with Gasteiger partial charge >= 0.3 is 0 Å². The highest BCUT2D eigenvalue weighted by Gasteiger charge is 2.25. The van der Waals surface area contributed by atoms with Crippen LogP contribution >= 0.6 is 0 Å². The van der Waals surface area contributed by atoms with E-state index in [1.807, 2.05) is 43.3 Å². The molecule has 2 aromatic heterocycles. The normalized spacial score (nSPS) is 14.9. The maximum Gasteiger partial charge on any atom is 0.261 e. The fourth-order valence-electron chi connectivity index (χ4n) is 3.26. The minimum Gasteiger partial charge on any atom is -0.480 e. The lowest BCUT2D eigenvalue weighted by atomic mass is 10.0. The van der Waals surface area contributed by atoms with Crippen molar-refractivity contribution in [1.29, 1.82) is 0 Å². The number of hydrogen-bond acceptors (Lipinski definition) is 7. The van der Waals surface area contributed by atoms with Crippen LogP contribution in [0.5, 0.6) is 5.75 Å². The van der Waals surface area contributed by atoms with Gasteiger partial charge in [-0.15, -0.1) is 0 Å². The van der Waals surface area contributed by atoms with E-state index in [0.717, 1.165) is 29.1 Å². The van der Waals surface area contributed by atoms with Gasteiger partial charge in [-0.05, 0) is 49.1 Å². The summed E-state index contributed by atoms with van der Waals surface area (Å²) in [5.41, 5.74) is 2.26. The van der Waals surface area contributed by atoms with E-state index in [-0.39, 0.29) is 5.91 Å². The molecule has 1 atom stereocenters. The zero-order valence-corrected chi connectivity index (χ0v) is 16.8. The molecule has 0 radical (unpaired) electrons. The molecule has 4 rings (SSSR count). The van der Waals surface area contributed by atoms with Crippen molar-refractivity contribution in [3.05, 3.63) is 66.1 Å². The van der Waals surface area contributed by atoms with Crippen LogP contribution in [-0.4, -0.2) is 40.1 Å². The van der Waals surface area contributed by atoms with Gasteiger partial charge in [0.1, 0.15) is 29.5 Å². The molecule has 0 saturated carbocycles. The standard InChI is InChI=1S/C22H24N6O2/c1-15-8-9-23-20(12-15)28-21-13-19(26-14-27-21)24-10-11-25-22(29)18-7-6-16-4-2-3-5-17(16)30-18/h2-5,8-9,12-14,18H,6-7,10-11H2,1H3,(H,25,29)(H2,23,24,26,27,28). The molecule has 30 heavy (non-hydrogen) atoms. The summed E-state index contributed by atoms with van der Waals surface area (Å²) < 4.78 is 5.82. The number of rotatable bonds is 7. The number of aromatic nitrogens is 3. The molecule has 8 nitrogen and oxygen atoms in total. The van der Waals surface area contributed by atoms with Gasteiger partial charge in [-0.1, -0.05) is 18.2 Å². The summed E-state index contributed by atoms with van der Waals surface area (Å²) in [6.45, 7) is 3.01. The fourth-order valence-corrected chi connectivity index (χ4v) is 3.26. The van der Waals surface area contributed by atoms with Crippen LogP contribution in [-0.2, 0) is 11.2 Å². The average molecular weight is 404 g/mol. The van der Waals surface area contributed by atoms with Crippen LogP contribution in [0, 0.1) is 6.92 Å². The van der Waals surface area contributed by atoms with Crippen LogP contribution in [0.4, 0.5) is 17.5 Å². The molecule has 0 saturated heterocycles. The summed E-state index contributed by atoms with van der Waals surface area (Å²) in [4.78, 5) is 25.1. The quantitative estimate of drug-likeness (QED) is 0.521. The zero-order chi connectivity index (χ0) is 20.8. The maximum absolute atomic E-state index is 12.4. The monoisotopic (exact) mass is 404 g/mol.